The number of morpholine rings is 1. The van der Waals surface area contributed by atoms with Crippen molar-refractivity contribution in [1.82, 2.24) is 19.6 Å². The number of piperidine rings is 1. The smallest absolute Gasteiger partial charge is 0.324 e. The van der Waals surface area contributed by atoms with Crippen molar-refractivity contribution in [3.05, 3.63) is 0 Å². The Balaban J connectivity index is 1.43. The standard InChI is InChI=1S/C18H34N4O3/c1-19-5-3-16(4-6-19)22-8-7-20(2)17(15-22)18(23)25-14-11-21-9-12-24-13-10-21/h16-17H,3-15H2,1-2H3. The normalized spacial score (nSPS) is 29.0. The predicted molar refractivity (Wildman–Crippen MR) is 96.7 cm³/mol. The Bertz CT molecular complexity index is 423. The second kappa shape index (κ2) is 9.28. The highest BCUT2D eigenvalue weighted by Crippen LogP contribution is 2.20. The molecule has 0 bridgehead atoms. The van der Waals surface area contributed by atoms with E-state index >= 15 is 0 Å². The number of hydrogen-bond donors (Lipinski definition) is 0. The first-order valence-corrected chi connectivity index (χ1v) is 9.73. The van der Waals surface area contributed by atoms with Crippen LogP contribution in [0.15, 0.2) is 0 Å². The van der Waals surface area contributed by atoms with Crippen LogP contribution in [0.5, 0.6) is 0 Å². The Morgan fingerprint density at radius 2 is 1.76 bits per heavy atom. The van der Waals surface area contributed by atoms with E-state index in [2.05, 4.69) is 26.6 Å². The van der Waals surface area contributed by atoms with Gasteiger partial charge < -0.3 is 14.4 Å². The Kier molecular flexibility index (Phi) is 7.07. The summed E-state index contributed by atoms with van der Waals surface area (Å²) in [5, 5.41) is 0. The van der Waals surface area contributed by atoms with Gasteiger partial charge in [-0.25, -0.2) is 0 Å². The van der Waals surface area contributed by atoms with Crippen LogP contribution in [0.2, 0.25) is 0 Å². The second-order valence-corrected chi connectivity index (χ2v) is 7.65. The molecule has 3 aliphatic rings. The number of likely N-dealkylation sites (tertiary alicyclic amines) is 1. The quantitative estimate of drug-likeness (QED) is 0.621. The molecule has 3 saturated heterocycles. The van der Waals surface area contributed by atoms with Gasteiger partial charge in [0.2, 0.25) is 0 Å². The molecule has 3 rings (SSSR count). The van der Waals surface area contributed by atoms with E-state index in [1.54, 1.807) is 0 Å². The maximum absolute atomic E-state index is 12.6. The summed E-state index contributed by atoms with van der Waals surface area (Å²) in [5.74, 6) is -0.0617. The lowest BCUT2D eigenvalue weighted by atomic mass is 10.0. The minimum Gasteiger partial charge on any atom is -0.463 e. The van der Waals surface area contributed by atoms with Crippen LogP contribution in [0.25, 0.3) is 0 Å². The minimum atomic E-state index is -0.127. The molecule has 3 fully saturated rings. The molecule has 0 aromatic carbocycles. The molecule has 1 unspecified atom stereocenters. The summed E-state index contributed by atoms with van der Waals surface area (Å²) in [7, 11) is 4.23. The van der Waals surface area contributed by atoms with Gasteiger partial charge >= 0.3 is 5.97 Å². The number of esters is 1. The lowest BCUT2D eigenvalue weighted by Crippen LogP contribution is -2.59. The summed E-state index contributed by atoms with van der Waals surface area (Å²) in [4.78, 5) is 21.9. The monoisotopic (exact) mass is 354 g/mol. The molecule has 0 saturated carbocycles. The van der Waals surface area contributed by atoms with Gasteiger partial charge in [0.1, 0.15) is 12.6 Å². The van der Waals surface area contributed by atoms with Crippen LogP contribution in [0.3, 0.4) is 0 Å². The van der Waals surface area contributed by atoms with Crippen molar-refractivity contribution in [2.75, 3.05) is 86.3 Å². The van der Waals surface area contributed by atoms with Crippen LogP contribution in [0, 0.1) is 0 Å². The van der Waals surface area contributed by atoms with Crippen LogP contribution in [-0.4, -0.2) is 124 Å². The van der Waals surface area contributed by atoms with Crippen LogP contribution >= 0.6 is 0 Å². The summed E-state index contributed by atoms with van der Waals surface area (Å²) >= 11 is 0. The molecule has 0 aliphatic carbocycles. The highest BCUT2D eigenvalue weighted by Gasteiger charge is 2.35. The van der Waals surface area contributed by atoms with Gasteiger partial charge in [-0.2, -0.15) is 0 Å². The van der Waals surface area contributed by atoms with E-state index in [9.17, 15) is 4.79 Å². The average Bonchev–Trinajstić information content (AvgIpc) is 2.64. The van der Waals surface area contributed by atoms with Crippen molar-refractivity contribution in [3.63, 3.8) is 0 Å². The predicted octanol–water partition coefficient (Wildman–Crippen LogP) is -0.428. The first-order valence-electron chi connectivity index (χ1n) is 9.73. The molecule has 144 valence electrons. The van der Waals surface area contributed by atoms with Crippen molar-refractivity contribution in [1.29, 1.82) is 0 Å². The van der Waals surface area contributed by atoms with Crippen LogP contribution in [-0.2, 0) is 14.3 Å². The lowest BCUT2D eigenvalue weighted by Gasteiger charge is -2.44. The SMILES string of the molecule is CN1CCC(N2CCN(C)C(C(=O)OCCN3CCOCC3)C2)CC1. The van der Waals surface area contributed by atoms with E-state index in [0.29, 0.717) is 12.6 Å². The summed E-state index contributed by atoms with van der Waals surface area (Å²) < 4.78 is 11.0. The van der Waals surface area contributed by atoms with Crippen LogP contribution in [0.1, 0.15) is 12.8 Å². The molecule has 0 N–H and O–H groups in total. The summed E-state index contributed by atoms with van der Waals surface area (Å²) in [6, 6.07) is 0.492. The minimum absolute atomic E-state index is 0.0617. The number of likely N-dealkylation sites (N-methyl/N-ethyl adjacent to an activating group) is 1. The molecule has 1 atom stereocenters. The van der Waals surface area contributed by atoms with Gasteiger partial charge in [0.25, 0.3) is 0 Å². The molecule has 0 aromatic rings. The molecule has 0 amide bonds. The Morgan fingerprint density at radius 3 is 2.48 bits per heavy atom. The van der Waals surface area contributed by atoms with Crippen LogP contribution in [0.4, 0.5) is 0 Å². The number of carbonyl (C=O) groups is 1. The van der Waals surface area contributed by atoms with Crippen molar-refractivity contribution < 1.29 is 14.3 Å². The molecule has 3 heterocycles. The van der Waals surface area contributed by atoms with Gasteiger partial charge in [-0.05, 0) is 40.0 Å². The van der Waals surface area contributed by atoms with Gasteiger partial charge in [0, 0.05) is 45.3 Å². The van der Waals surface area contributed by atoms with Crippen molar-refractivity contribution >= 4 is 5.97 Å². The number of nitrogens with zero attached hydrogens (tertiary/aromatic N) is 4. The Morgan fingerprint density at radius 1 is 1.04 bits per heavy atom. The molecule has 0 aromatic heterocycles. The highest BCUT2D eigenvalue weighted by atomic mass is 16.5. The largest absolute Gasteiger partial charge is 0.463 e. The maximum Gasteiger partial charge on any atom is 0.324 e. The van der Waals surface area contributed by atoms with Gasteiger partial charge in [0.05, 0.1) is 13.2 Å². The van der Waals surface area contributed by atoms with Gasteiger partial charge in [-0.15, -0.1) is 0 Å². The molecule has 0 spiro atoms. The number of hydrogen-bond acceptors (Lipinski definition) is 7. The number of rotatable bonds is 5. The number of piperazine rings is 1. The number of carbonyl (C=O) groups excluding carboxylic acids is 1. The van der Waals surface area contributed by atoms with Crippen molar-refractivity contribution in [2.45, 2.75) is 24.9 Å². The van der Waals surface area contributed by atoms with E-state index in [0.717, 1.165) is 65.6 Å². The third-order valence-corrected chi connectivity index (χ3v) is 5.91. The fourth-order valence-electron chi connectivity index (χ4n) is 4.04. The van der Waals surface area contributed by atoms with Gasteiger partial charge in [-0.1, -0.05) is 0 Å². The topological polar surface area (TPSA) is 48.5 Å². The van der Waals surface area contributed by atoms with Crippen molar-refractivity contribution in [2.24, 2.45) is 0 Å². The molecule has 7 heteroatoms. The third kappa shape index (κ3) is 5.37. The number of ether oxygens (including phenoxy) is 2. The fourth-order valence-corrected chi connectivity index (χ4v) is 4.04. The third-order valence-electron chi connectivity index (χ3n) is 5.91. The van der Waals surface area contributed by atoms with Crippen molar-refractivity contribution in [3.8, 4) is 0 Å². The molecule has 25 heavy (non-hydrogen) atoms. The summed E-state index contributed by atoms with van der Waals surface area (Å²) in [5.41, 5.74) is 0. The van der Waals surface area contributed by atoms with Crippen LogP contribution < -0.4 is 0 Å². The zero-order valence-electron chi connectivity index (χ0n) is 15.9. The van der Waals surface area contributed by atoms with Gasteiger partial charge in [-0.3, -0.25) is 19.5 Å². The first kappa shape index (κ1) is 19.0. The van der Waals surface area contributed by atoms with E-state index in [-0.39, 0.29) is 12.0 Å². The Hall–Kier alpha value is -0.730. The molecular formula is C18H34N4O3. The molecule has 7 nitrogen and oxygen atoms in total. The fraction of sp³-hybridized carbons (Fsp3) is 0.944. The molecular weight excluding hydrogens is 320 g/mol. The summed E-state index contributed by atoms with van der Waals surface area (Å²) in [6.45, 7) is 9.85. The summed E-state index contributed by atoms with van der Waals surface area (Å²) in [6.07, 6.45) is 2.41. The maximum atomic E-state index is 12.6. The molecule has 3 aliphatic heterocycles. The zero-order chi connectivity index (χ0) is 17.6. The Labute approximate surface area is 151 Å². The van der Waals surface area contributed by atoms with E-state index in [1.165, 1.54) is 12.8 Å². The highest BCUT2D eigenvalue weighted by molar-refractivity contribution is 5.76. The average molecular weight is 354 g/mol. The van der Waals surface area contributed by atoms with E-state index in [4.69, 9.17) is 9.47 Å². The van der Waals surface area contributed by atoms with Gasteiger partial charge in [0.15, 0.2) is 0 Å². The second-order valence-electron chi connectivity index (χ2n) is 7.65. The van der Waals surface area contributed by atoms with E-state index < -0.39 is 0 Å². The zero-order valence-corrected chi connectivity index (χ0v) is 15.9. The first-order chi connectivity index (χ1) is 12.1. The van der Waals surface area contributed by atoms with E-state index in [1.807, 2.05) is 7.05 Å². The lowest BCUT2D eigenvalue weighted by molar-refractivity contribution is -0.153. The molecule has 0 radical (unpaired) electrons.